The minimum Gasteiger partial charge on any atom is -0.506 e. The van der Waals surface area contributed by atoms with E-state index in [-0.39, 0.29) is 11.5 Å². The van der Waals surface area contributed by atoms with Crippen LogP contribution in [0.5, 0.6) is 5.75 Å². The molecule has 4 nitrogen and oxygen atoms in total. The number of rotatable bonds is 4. The topological polar surface area (TPSA) is 45.5 Å². The molecule has 3 aromatic rings. The predicted molar refractivity (Wildman–Crippen MR) is 117 cm³/mol. The second kappa shape index (κ2) is 7.37. The van der Waals surface area contributed by atoms with E-state index in [1.54, 1.807) is 6.92 Å². The predicted octanol–water partition coefficient (Wildman–Crippen LogP) is 5.51. The third kappa shape index (κ3) is 3.16. The summed E-state index contributed by atoms with van der Waals surface area (Å²) in [6, 6.07) is 10.2. The summed E-state index contributed by atoms with van der Waals surface area (Å²) >= 11 is 3.54. The number of benzene rings is 2. The minimum atomic E-state index is 0.0257. The minimum absolute atomic E-state index is 0.0257. The normalized spacial score (nSPS) is 14.9. The highest BCUT2D eigenvalue weighted by atomic mass is 79.9. The molecule has 0 bridgehead atoms. The van der Waals surface area contributed by atoms with E-state index in [0.29, 0.717) is 16.6 Å². The number of carbonyl (C=O) groups excluding carboxylic acids is 1. The molecule has 0 unspecified atom stereocenters. The van der Waals surface area contributed by atoms with Crippen LogP contribution in [0, 0.1) is 13.8 Å². The van der Waals surface area contributed by atoms with Crippen LogP contribution in [0.2, 0.25) is 0 Å². The molecule has 1 aliphatic rings. The largest absolute Gasteiger partial charge is 0.506 e. The molecule has 1 aliphatic heterocycles. The van der Waals surface area contributed by atoms with Crippen LogP contribution in [-0.2, 0) is 6.54 Å². The molecule has 0 radical (unpaired) electrons. The average molecular weight is 441 g/mol. The Hall–Kier alpha value is -2.11. The Morgan fingerprint density at radius 3 is 2.39 bits per heavy atom. The second-order valence-corrected chi connectivity index (χ2v) is 8.60. The average Bonchev–Trinajstić information content (AvgIpc) is 3.25. The number of aromatic nitrogens is 1. The molecule has 28 heavy (non-hydrogen) atoms. The van der Waals surface area contributed by atoms with Crippen LogP contribution in [0.1, 0.15) is 46.9 Å². The van der Waals surface area contributed by atoms with Crippen molar-refractivity contribution in [2.75, 3.05) is 13.1 Å². The van der Waals surface area contributed by atoms with Gasteiger partial charge in [-0.15, -0.1) is 0 Å². The van der Waals surface area contributed by atoms with Gasteiger partial charge in [-0.3, -0.25) is 9.69 Å². The number of nitrogens with zero attached hydrogens (tertiary/aromatic N) is 2. The number of halogens is 1. The van der Waals surface area contributed by atoms with Gasteiger partial charge in [0.1, 0.15) is 5.75 Å². The number of hydrogen-bond donors (Lipinski definition) is 1. The zero-order valence-corrected chi connectivity index (χ0v) is 18.1. The number of aryl methyl sites for hydroxylation is 1. The fourth-order valence-corrected chi connectivity index (χ4v) is 4.84. The van der Waals surface area contributed by atoms with Crippen LogP contribution < -0.4 is 0 Å². The molecular weight excluding hydrogens is 416 g/mol. The van der Waals surface area contributed by atoms with Gasteiger partial charge in [0.2, 0.25) is 0 Å². The van der Waals surface area contributed by atoms with Gasteiger partial charge in [0.15, 0.2) is 5.78 Å². The van der Waals surface area contributed by atoms with Gasteiger partial charge in [0, 0.05) is 34.4 Å². The van der Waals surface area contributed by atoms with Crippen LogP contribution in [0.15, 0.2) is 34.8 Å². The number of aromatic hydroxyl groups is 1. The van der Waals surface area contributed by atoms with Crippen molar-refractivity contribution in [3.05, 3.63) is 57.2 Å². The quantitative estimate of drug-likeness (QED) is 0.543. The van der Waals surface area contributed by atoms with Crippen molar-refractivity contribution in [3.63, 3.8) is 0 Å². The number of ketones is 1. The Labute approximate surface area is 173 Å². The first kappa shape index (κ1) is 19.2. The number of hydrogen-bond acceptors (Lipinski definition) is 3. The fraction of sp³-hybridized carbons (Fsp3) is 0.348. The van der Waals surface area contributed by atoms with Crippen molar-refractivity contribution in [2.24, 2.45) is 0 Å². The molecule has 1 fully saturated rings. The van der Waals surface area contributed by atoms with Gasteiger partial charge in [-0.25, -0.2) is 0 Å². The Balaban J connectivity index is 2.04. The fourth-order valence-electron chi connectivity index (χ4n) is 4.38. The van der Waals surface area contributed by atoms with Gasteiger partial charge in [-0.05, 0) is 80.8 Å². The molecule has 0 saturated carbocycles. The molecule has 0 aliphatic carbocycles. The van der Waals surface area contributed by atoms with Gasteiger partial charge < -0.3 is 9.67 Å². The van der Waals surface area contributed by atoms with E-state index in [4.69, 9.17) is 0 Å². The maximum absolute atomic E-state index is 12.6. The maximum atomic E-state index is 12.6. The summed E-state index contributed by atoms with van der Waals surface area (Å²) in [6.07, 6.45) is 2.36. The first-order chi connectivity index (χ1) is 13.4. The summed E-state index contributed by atoms with van der Waals surface area (Å²) in [5.41, 5.74) is 5.61. The zero-order valence-electron chi connectivity index (χ0n) is 16.6. The summed E-state index contributed by atoms with van der Waals surface area (Å²) in [4.78, 5) is 15.0. The van der Waals surface area contributed by atoms with Gasteiger partial charge >= 0.3 is 0 Å². The lowest BCUT2D eigenvalue weighted by molar-refractivity contribution is 0.101. The third-order valence-electron chi connectivity index (χ3n) is 5.75. The molecule has 2 heterocycles. The standard InChI is InChI=1S/C23H25BrN2O2/c1-14-6-8-17(9-7-14)26-15(2)21(16(3)27)22-18(13-25-10-4-5-11-25)23(28)19(24)12-20(22)26/h6-9,12,28H,4-5,10-11,13H2,1-3H3. The van der Waals surface area contributed by atoms with Crippen molar-refractivity contribution in [1.82, 2.24) is 9.47 Å². The first-order valence-electron chi connectivity index (χ1n) is 9.74. The first-order valence-corrected chi connectivity index (χ1v) is 10.5. The van der Waals surface area contributed by atoms with E-state index in [9.17, 15) is 9.90 Å². The molecular formula is C23H25BrN2O2. The molecule has 5 heteroatoms. The van der Waals surface area contributed by atoms with Crippen molar-refractivity contribution in [1.29, 1.82) is 0 Å². The molecule has 0 atom stereocenters. The van der Waals surface area contributed by atoms with Gasteiger partial charge in [0.05, 0.1) is 9.99 Å². The Morgan fingerprint density at radius 2 is 1.79 bits per heavy atom. The van der Waals surface area contributed by atoms with Crippen molar-refractivity contribution < 1.29 is 9.90 Å². The summed E-state index contributed by atoms with van der Waals surface area (Å²) in [5, 5.41) is 11.7. The lowest BCUT2D eigenvalue weighted by Crippen LogP contribution is -2.19. The molecule has 1 saturated heterocycles. The monoisotopic (exact) mass is 440 g/mol. The lowest BCUT2D eigenvalue weighted by Gasteiger charge is -2.18. The van der Waals surface area contributed by atoms with Crippen molar-refractivity contribution >= 4 is 32.6 Å². The number of fused-ring (bicyclic) bond motifs is 1. The number of carbonyl (C=O) groups is 1. The van der Waals surface area contributed by atoms with Crippen LogP contribution in [0.4, 0.5) is 0 Å². The second-order valence-electron chi connectivity index (χ2n) is 7.75. The maximum Gasteiger partial charge on any atom is 0.162 e. The number of phenolic OH excluding ortho intramolecular Hbond substituents is 1. The van der Waals surface area contributed by atoms with Crippen molar-refractivity contribution in [3.8, 4) is 11.4 Å². The highest BCUT2D eigenvalue weighted by Crippen LogP contribution is 2.41. The van der Waals surface area contributed by atoms with E-state index >= 15 is 0 Å². The Kier molecular flexibility index (Phi) is 5.06. The Morgan fingerprint density at radius 1 is 1.14 bits per heavy atom. The summed E-state index contributed by atoms with van der Waals surface area (Å²) in [5.74, 6) is 0.265. The lowest BCUT2D eigenvalue weighted by atomic mass is 10.0. The van der Waals surface area contributed by atoms with Crippen LogP contribution >= 0.6 is 15.9 Å². The van der Waals surface area contributed by atoms with E-state index in [0.717, 1.165) is 40.9 Å². The number of likely N-dealkylation sites (tertiary alicyclic amines) is 1. The van der Waals surface area contributed by atoms with Crippen LogP contribution in [-0.4, -0.2) is 33.4 Å². The molecule has 146 valence electrons. The zero-order chi connectivity index (χ0) is 20.0. The van der Waals surface area contributed by atoms with Crippen LogP contribution in [0.25, 0.3) is 16.6 Å². The van der Waals surface area contributed by atoms with Gasteiger partial charge in [-0.1, -0.05) is 17.7 Å². The highest BCUT2D eigenvalue weighted by molar-refractivity contribution is 9.10. The van der Waals surface area contributed by atoms with E-state index in [2.05, 4.69) is 56.6 Å². The smallest absolute Gasteiger partial charge is 0.162 e. The highest BCUT2D eigenvalue weighted by Gasteiger charge is 2.26. The Bertz CT molecular complexity index is 1060. The summed E-state index contributed by atoms with van der Waals surface area (Å²) < 4.78 is 2.79. The van der Waals surface area contributed by atoms with Gasteiger partial charge in [0.25, 0.3) is 0 Å². The van der Waals surface area contributed by atoms with Crippen LogP contribution in [0.3, 0.4) is 0 Å². The van der Waals surface area contributed by atoms with E-state index < -0.39 is 0 Å². The number of Topliss-reactive ketones (excluding diaryl/α,β-unsaturated/α-hetero) is 1. The summed E-state index contributed by atoms with van der Waals surface area (Å²) in [7, 11) is 0. The number of phenols is 1. The molecule has 1 aromatic heterocycles. The molecule has 2 aromatic carbocycles. The van der Waals surface area contributed by atoms with Crippen molar-refractivity contribution in [2.45, 2.75) is 40.2 Å². The molecule has 1 N–H and O–H groups in total. The van der Waals surface area contributed by atoms with E-state index in [1.165, 1.54) is 18.4 Å². The van der Waals surface area contributed by atoms with E-state index in [1.807, 2.05) is 13.0 Å². The third-order valence-corrected chi connectivity index (χ3v) is 6.35. The molecule has 0 amide bonds. The van der Waals surface area contributed by atoms with Gasteiger partial charge in [-0.2, -0.15) is 0 Å². The SMILES string of the molecule is CC(=O)c1c(C)n(-c2ccc(C)cc2)c2cc(Br)c(O)c(CN3CCCC3)c12. The molecule has 0 spiro atoms. The summed E-state index contributed by atoms with van der Waals surface area (Å²) in [6.45, 7) is 8.37. The molecule has 4 rings (SSSR count).